The fourth-order valence-electron chi connectivity index (χ4n) is 2.53. The monoisotopic (exact) mass is 371 g/mol. The van der Waals surface area contributed by atoms with Crippen molar-refractivity contribution in [2.75, 3.05) is 6.54 Å². The molecule has 26 heavy (non-hydrogen) atoms. The summed E-state index contributed by atoms with van der Waals surface area (Å²) in [5.74, 6) is 1.51. The van der Waals surface area contributed by atoms with Crippen LogP contribution >= 0.6 is 11.3 Å². The van der Waals surface area contributed by atoms with E-state index in [1.165, 1.54) is 0 Å². The molecule has 0 bridgehead atoms. The third kappa shape index (κ3) is 4.29. The second kappa shape index (κ2) is 8.14. The van der Waals surface area contributed by atoms with E-state index < -0.39 is 6.10 Å². The summed E-state index contributed by atoms with van der Waals surface area (Å²) >= 11 is 1.54. The smallest absolute Gasteiger partial charge is 0.263 e. The highest BCUT2D eigenvalue weighted by Crippen LogP contribution is 2.22. The molecular weight excluding hydrogens is 350 g/mol. The number of thiophene rings is 1. The highest BCUT2D eigenvalue weighted by Gasteiger charge is 2.23. The Morgan fingerprint density at radius 3 is 2.88 bits per heavy atom. The largest absolute Gasteiger partial charge is 0.481 e. The number of aryl methyl sites for hydroxylation is 1. The summed E-state index contributed by atoms with van der Waals surface area (Å²) in [6.45, 7) is 6.43. The van der Waals surface area contributed by atoms with Gasteiger partial charge < -0.3 is 14.2 Å². The van der Waals surface area contributed by atoms with Gasteiger partial charge in [-0.25, -0.2) is 0 Å². The molecule has 3 aromatic rings. The zero-order valence-corrected chi connectivity index (χ0v) is 15.8. The number of hydrogen-bond donors (Lipinski definition) is 0. The van der Waals surface area contributed by atoms with Gasteiger partial charge in [0.15, 0.2) is 6.10 Å². The molecule has 1 atom stereocenters. The first-order chi connectivity index (χ1) is 12.6. The van der Waals surface area contributed by atoms with Crippen molar-refractivity contribution < 1.29 is 14.1 Å². The lowest BCUT2D eigenvalue weighted by molar-refractivity contribution is -0.138. The molecule has 0 radical (unpaired) electrons. The zero-order chi connectivity index (χ0) is 18.5. The van der Waals surface area contributed by atoms with Crippen LogP contribution in [0.4, 0.5) is 0 Å². The van der Waals surface area contributed by atoms with Gasteiger partial charge >= 0.3 is 0 Å². The molecule has 1 amide bonds. The molecule has 7 heteroatoms. The minimum absolute atomic E-state index is 0.120. The summed E-state index contributed by atoms with van der Waals surface area (Å²) in [4.78, 5) is 19.7. The Balaban J connectivity index is 1.65. The summed E-state index contributed by atoms with van der Waals surface area (Å²) < 4.78 is 11.1. The number of amides is 1. The maximum Gasteiger partial charge on any atom is 0.263 e. The molecule has 0 aliphatic rings. The molecule has 1 aromatic carbocycles. The molecule has 0 fully saturated rings. The summed E-state index contributed by atoms with van der Waals surface area (Å²) in [5.41, 5.74) is 1.08. The van der Waals surface area contributed by atoms with Crippen LogP contribution in [0.2, 0.25) is 0 Å². The molecule has 0 saturated heterocycles. The SMILES string of the molecule is CCN(Cc1nc(-c2cccs2)no1)C(=O)[C@H](C)Oc1cccc(C)c1. The van der Waals surface area contributed by atoms with E-state index in [2.05, 4.69) is 10.1 Å². The number of rotatable bonds is 7. The first kappa shape index (κ1) is 18.1. The highest BCUT2D eigenvalue weighted by atomic mass is 32.1. The first-order valence-electron chi connectivity index (χ1n) is 8.45. The first-order valence-corrected chi connectivity index (χ1v) is 9.33. The van der Waals surface area contributed by atoms with Gasteiger partial charge in [0, 0.05) is 6.54 Å². The molecule has 0 unspecified atom stereocenters. The molecule has 0 spiro atoms. The van der Waals surface area contributed by atoms with Crippen LogP contribution in [-0.2, 0) is 11.3 Å². The van der Waals surface area contributed by atoms with Crippen LogP contribution in [0.1, 0.15) is 25.3 Å². The Morgan fingerprint density at radius 1 is 1.35 bits per heavy atom. The Morgan fingerprint density at radius 2 is 2.19 bits per heavy atom. The van der Waals surface area contributed by atoms with E-state index in [9.17, 15) is 4.79 Å². The molecule has 0 aliphatic heterocycles. The lowest BCUT2D eigenvalue weighted by Crippen LogP contribution is -2.40. The number of hydrogen-bond acceptors (Lipinski definition) is 6. The standard InChI is InChI=1S/C19H21N3O3S/c1-4-22(12-17-20-18(21-25-17)16-9-6-10-26-16)19(23)14(3)24-15-8-5-7-13(2)11-15/h5-11,14H,4,12H2,1-3H3/t14-/m0/s1. The van der Waals surface area contributed by atoms with Gasteiger partial charge in [-0.05, 0) is 49.9 Å². The van der Waals surface area contributed by atoms with E-state index in [1.54, 1.807) is 23.2 Å². The van der Waals surface area contributed by atoms with Gasteiger partial charge in [0.25, 0.3) is 5.91 Å². The summed E-state index contributed by atoms with van der Waals surface area (Å²) in [6.07, 6.45) is -0.601. The minimum Gasteiger partial charge on any atom is -0.481 e. The van der Waals surface area contributed by atoms with E-state index >= 15 is 0 Å². The summed E-state index contributed by atoms with van der Waals surface area (Å²) in [5, 5.41) is 5.94. The van der Waals surface area contributed by atoms with E-state index in [0.717, 1.165) is 10.4 Å². The molecule has 3 rings (SSSR count). The van der Waals surface area contributed by atoms with Crippen LogP contribution in [-0.4, -0.2) is 33.6 Å². The van der Waals surface area contributed by atoms with Gasteiger partial charge in [-0.15, -0.1) is 11.3 Å². The molecule has 0 N–H and O–H groups in total. The van der Waals surface area contributed by atoms with Crippen molar-refractivity contribution >= 4 is 17.2 Å². The van der Waals surface area contributed by atoms with Crippen LogP contribution in [0.3, 0.4) is 0 Å². The van der Waals surface area contributed by atoms with Gasteiger partial charge in [0.1, 0.15) is 12.3 Å². The van der Waals surface area contributed by atoms with Gasteiger partial charge in [-0.3, -0.25) is 4.79 Å². The van der Waals surface area contributed by atoms with Crippen LogP contribution in [0, 0.1) is 6.92 Å². The molecule has 2 aromatic heterocycles. The van der Waals surface area contributed by atoms with E-state index in [0.29, 0.717) is 24.0 Å². The fraction of sp³-hybridized carbons (Fsp3) is 0.316. The fourth-order valence-corrected chi connectivity index (χ4v) is 3.18. The third-order valence-electron chi connectivity index (χ3n) is 3.88. The van der Waals surface area contributed by atoms with Crippen LogP contribution in [0.15, 0.2) is 46.3 Å². The molecule has 136 valence electrons. The predicted molar refractivity (Wildman–Crippen MR) is 100.0 cm³/mol. The number of carbonyl (C=O) groups excluding carboxylic acids is 1. The van der Waals surface area contributed by atoms with Crippen molar-refractivity contribution in [1.29, 1.82) is 0 Å². The second-order valence-corrected chi connectivity index (χ2v) is 6.87. The Bertz CT molecular complexity index is 861. The molecule has 0 aliphatic carbocycles. The topological polar surface area (TPSA) is 68.5 Å². The molecule has 6 nitrogen and oxygen atoms in total. The second-order valence-electron chi connectivity index (χ2n) is 5.92. The maximum atomic E-state index is 12.7. The van der Waals surface area contributed by atoms with Gasteiger partial charge in [-0.2, -0.15) is 4.98 Å². The predicted octanol–water partition coefficient (Wildman–Crippen LogP) is 3.92. The van der Waals surface area contributed by atoms with Crippen molar-refractivity contribution in [2.45, 2.75) is 33.4 Å². The van der Waals surface area contributed by atoms with Crippen molar-refractivity contribution in [2.24, 2.45) is 0 Å². The van der Waals surface area contributed by atoms with Gasteiger partial charge in [-0.1, -0.05) is 23.4 Å². The minimum atomic E-state index is -0.601. The Labute approximate surface area is 156 Å². The van der Waals surface area contributed by atoms with E-state index in [1.807, 2.05) is 55.6 Å². The van der Waals surface area contributed by atoms with Crippen molar-refractivity contribution in [3.05, 3.63) is 53.2 Å². The number of aromatic nitrogens is 2. The van der Waals surface area contributed by atoms with Crippen molar-refractivity contribution in [3.8, 4) is 16.5 Å². The number of likely N-dealkylation sites (N-methyl/N-ethyl adjacent to an activating group) is 1. The van der Waals surface area contributed by atoms with Crippen LogP contribution < -0.4 is 4.74 Å². The molecular formula is C19H21N3O3S. The lowest BCUT2D eigenvalue weighted by Gasteiger charge is -2.23. The lowest BCUT2D eigenvalue weighted by atomic mass is 10.2. The normalized spacial score (nSPS) is 12.0. The van der Waals surface area contributed by atoms with E-state index in [4.69, 9.17) is 9.26 Å². The molecule has 2 heterocycles. The average molecular weight is 371 g/mol. The summed E-state index contributed by atoms with van der Waals surface area (Å²) in [6, 6.07) is 11.5. The Hall–Kier alpha value is -2.67. The van der Waals surface area contributed by atoms with Gasteiger partial charge in [0.2, 0.25) is 11.7 Å². The average Bonchev–Trinajstić information content (AvgIpc) is 3.30. The van der Waals surface area contributed by atoms with Gasteiger partial charge in [0.05, 0.1) is 4.88 Å². The van der Waals surface area contributed by atoms with Crippen LogP contribution in [0.5, 0.6) is 5.75 Å². The third-order valence-corrected chi connectivity index (χ3v) is 4.75. The summed E-state index contributed by atoms with van der Waals surface area (Å²) in [7, 11) is 0. The highest BCUT2D eigenvalue weighted by molar-refractivity contribution is 7.13. The number of benzene rings is 1. The quantitative estimate of drug-likeness (QED) is 0.630. The zero-order valence-electron chi connectivity index (χ0n) is 15.0. The Kier molecular flexibility index (Phi) is 5.68. The number of nitrogens with zero attached hydrogens (tertiary/aromatic N) is 3. The van der Waals surface area contributed by atoms with Crippen LogP contribution in [0.25, 0.3) is 10.7 Å². The molecule has 0 saturated carbocycles. The van der Waals surface area contributed by atoms with Crippen molar-refractivity contribution in [1.82, 2.24) is 15.0 Å². The maximum absolute atomic E-state index is 12.7. The van der Waals surface area contributed by atoms with Crippen molar-refractivity contribution in [3.63, 3.8) is 0 Å². The van der Waals surface area contributed by atoms with E-state index in [-0.39, 0.29) is 12.5 Å². The number of ether oxygens (including phenoxy) is 1. The number of carbonyl (C=O) groups is 1.